The highest BCUT2D eigenvalue weighted by Gasteiger charge is 2.37. The molecule has 0 saturated heterocycles. The van der Waals surface area contributed by atoms with E-state index in [0.29, 0.717) is 0 Å². The van der Waals surface area contributed by atoms with Gasteiger partial charge >= 0.3 is 0 Å². The van der Waals surface area contributed by atoms with Gasteiger partial charge in [0.1, 0.15) is 29.6 Å². The van der Waals surface area contributed by atoms with Crippen molar-refractivity contribution >= 4 is 11.6 Å². The smallest absolute Gasteiger partial charge is 0.201 e. The van der Waals surface area contributed by atoms with Crippen molar-refractivity contribution in [2.75, 3.05) is 0 Å². The minimum Gasteiger partial charge on any atom is -0.508 e. The number of aromatic hydroxyl groups is 2. The second-order valence-corrected chi connectivity index (χ2v) is 4.61. The van der Waals surface area contributed by atoms with Gasteiger partial charge in [0.2, 0.25) is 5.78 Å². The number of hydrogen-bond donors (Lipinski definition) is 3. The van der Waals surface area contributed by atoms with Gasteiger partial charge in [0.15, 0.2) is 5.78 Å². The summed E-state index contributed by atoms with van der Waals surface area (Å²) in [6, 6.07) is 2.10. The molecule has 0 amide bonds. The lowest BCUT2D eigenvalue weighted by atomic mass is 9.84. The Kier molecular flexibility index (Phi) is 2.45. The third-order valence-corrected chi connectivity index (χ3v) is 3.24. The maximum absolute atomic E-state index is 12.4. The Morgan fingerprint density at radius 1 is 1.05 bits per heavy atom. The number of fused-ring (bicyclic) bond motifs is 2. The highest BCUT2D eigenvalue weighted by Crippen LogP contribution is 2.38. The van der Waals surface area contributed by atoms with Gasteiger partial charge < -0.3 is 19.7 Å². The zero-order valence-electron chi connectivity index (χ0n) is 10.4. The average Bonchev–Trinajstić information content (AvgIpc) is 2.80. The first-order chi connectivity index (χ1) is 9.41. The normalized spacial score (nSPS) is 14.9. The van der Waals surface area contributed by atoms with E-state index in [4.69, 9.17) is 4.42 Å². The quantitative estimate of drug-likeness (QED) is 0.621. The molecule has 3 rings (SSSR count). The van der Waals surface area contributed by atoms with Crippen LogP contribution in [0, 0.1) is 0 Å². The molecule has 2 aromatic rings. The number of hydrogen-bond acceptors (Lipinski definition) is 6. The van der Waals surface area contributed by atoms with Crippen LogP contribution in [0.2, 0.25) is 0 Å². The molecule has 0 fully saturated rings. The molecule has 1 aliphatic carbocycles. The second-order valence-electron chi connectivity index (χ2n) is 4.61. The molecular weight excluding hydrogens is 264 g/mol. The molecule has 102 valence electrons. The Morgan fingerprint density at radius 3 is 2.35 bits per heavy atom. The summed E-state index contributed by atoms with van der Waals surface area (Å²) < 4.78 is 5.09. The van der Waals surface area contributed by atoms with Crippen LogP contribution in [-0.2, 0) is 0 Å². The van der Waals surface area contributed by atoms with Gasteiger partial charge in [-0.05, 0) is 13.0 Å². The Hall–Kier alpha value is -2.60. The minimum atomic E-state index is -1.05. The molecule has 6 heteroatoms. The number of phenols is 2. The van der Waals surface area contributed by atoms with E-state index < -0.39 is 23.4 Å². The van der Waals surface area contributed by atoms with Crippen LogP contribution in [0.15, 0.2) is 22.8 Å². The fraction of sp³-hybridized carbons (Fsp3) is 0.143. The van der Waals surface area contributed by atoms with Crippen LogP contribution < -0.4 is 0 Å². The fourth-order valence-corrected chi connectivity index (χ4v) is 2.38. The topological polar surface area (TPSA) is 108 Å². The standard InChI is InChI=1S/C14H10O6/c1-5(15)14-11-8(4-20-14)13(19)10-7(12(11)18)2-6(16)3-9(10)17/h2-5,15-17H,1H3/t5-/m1/s1. The minimum absolute atomic E-state index is 0.000565. The molecule has 0 radical (unpaired) electrons. The van der Waals surface area contributed by atoms with Crippen LogP contribution in [0.4, 0.5) is 0 Å². The Balaban J connectivity index is 2.33. The number of aliphatic hydroxyl groups is 1. The van der Waals surface area contributed by atoms with Gasteiger partial charge in [0.25, 0.3) is 0 Å². The Bertz CT molecular complexity index is 753. The number of carbonyl (C=O) groups excluding carboxylic acids is 2. The Labute approximate surface area is 112 Å². The van der Waals surface area contributed by atoms with Crippen molar-refractivity contribution in [1.29, 1.82) is 0 Å². The third kappa shape index (κ3) is 1.48. The lowest BCUT2D eigenvalue weighted by Crippen LogP contribution is -2.21. The van der Waals surface area contributed by atoms with E-state index in [2.05, 4.69) is 0 Å². The zero-order chi connectivity index (χ0) is 14.6. The number of carbonyl (C=O) groups is 2. The molecule has 1 aromatic carbocycles. The molecule has 0 unspecified atom stereocenters. The molecule has 0 saturated carbocycles. The number of phenolic OH excluding ortho intramolecular Hbond substituents is 2. The number of aliphatic hydroxyl groups excluding tert-OH is 1. The Morgan fingerprint density at radius 2 is 1.70 bits per heavy atom. The molecule has 1 heterocycles. The summed E-state index contributed by atoms with van der Waals surface area (Å²) in [5.41, 5.74) is -0.302. The van der Waals surface area contributed by atoms with Gasteiger partial charge in [-0.1, -0.05) is 0 Å². The van der Waals surface area contributed by atoms with E-state index in [1.807, 2.05) is 0 Å². The molecule has 3 N–H and O–H groups in total. The molecule has 0 bridgehead atoms. The highest BCUT2D eigenvalue weighted by molar-refractivity contribution is 6.29. The fourth-order valence-electron chi connectivity index (χ4n) is 2.38. The molecule has 0 aliphatic heterocycles. The predicted molar refractivity (Wildman–Crippen MR) is 66.0 cm³/mol. The van der Waals surface area contributed by atoms with E-state index >= 15 is 0 Å². The van der Waals surface area contributed by atoms with Crippen LogP contribution in [0.1, 0.15) is 50.6 Å². The van der Waals surface area contributed by atoms with Gasteiger partial charge in [-0.3, -0.25) is 9.59 Å². The first-order valence-electron chi connectivity index (χ1n) is 5.86. The predicted octanol–water partition coefficient (Wildman–Crippen LogP) is 1.52. The van der Waals surface area contributed by atoms with Gasteiger partial charge in [0.05, 0.1) is 16.7 Å². The first-order valence-corrected chi connectivity index (χ1v) is 5.86. The van der Waals surface area contributed by atoms with Crippen LogP contribution >= 0.6 is 0 Å². The first kappa shape index (κ1) is 12.4. The molecule has 0 spiro atoms. The number of benzene rings is 1. The van der Waals surface area contributed by atoms with Crippen LogP contribution in [-0.4, -0.2) is 26.9 Å². The van der Waals surface area contributed by atoms with E-state index in [-0.39, 0.29) is 33.8 Å². The molecule has 1 aliphatic rings. The summed E-state index contributed by atoms with van der Waals surface area (Å²) in [6.45, 7) is 1.41. The summed E-state index contributed by atoms with van der Waals surface area (Å²) in [5, 5.41) is 28.8. The maximum atomic E-state index is 12.4. The van der Waals surface area contributed by atoms with Gasteiger partial charge in [-0.25, -0.2) is 0 Å². The van der Waals surface area contributed by atoms with E-state index in [0.717, 1.165) is 18.4 Å². The van der Waals surface area contributed by atoms with Crippen LogP contribution in [0.5, 0.6) is 11.5 Å². The number of ketones is 2. The van der Waals surface area contributed by atoms with Crippen molar-refractivity contribution in [3.8, 4) is 11.5 Å². The summed E-state index contributed by atoms with van der Waals surface area (Å²) in [5.74, 6) is -1.96. The third-order valence-electron chi connectivity index (χ3n) is 3.24. The molecular formula is C14H10O6. The van der Waals surface area contributed by atoms with Crippen molar-refractivity contribution < 1.29 is 29.3 Å². The van der Waals surface area contributed by atoms with Gasteiger partial charge in [-0.2, -0.15) is 0 Å². The lowest BCUT2D eigenvalue weighted by molar-refractivity contribution is 0.0972. The number of furan rings is 1. The van der Waals surface area contributed by atoms with Gasteiger partial charge in [0, 0.05) is 11.6 Å². The lowest BCUT2D eigenvalue weighted by Gasteiger charge is -2.16. The summed E-state index contributed by atoms with van der Waals surface area (Å²) in [4.78, 5) is 24.7. The molecule has 20 heavy (non-hydrogen) atoms. The SMILES string of the molecule is C[C@@H](O)c1occ2c1C(=O)c1cc(O)cc(O)c1C2=O. The van der Waals surface area contributed by atoms with Gasteiger partial charge in [-0.15, -0.1) is 0 Å². The van der Waals surface area contributed by atoms with Crippen molar-refractivity contribution in [2.45, 2.75) is 13.0 Å². The molecule has 1 atom stereocenters. The van der Waals surface area contributed by atoms with Crippen molar-refractivity contribution in [1.82, 2.24) is 0 Å². The molecule has 6 nitrogen and oxygen atoms in total. The largest absolute Gasteiger partial charge is 0.508 e. The van der Waals surface area contributed by atoms with E-state index in [9.17, 15) is 24.9 Å². The van der Waals surface area contributed by atoms with Crippen molar-refractivity contribution in [2.24, 2.45) is 0 Å². The van der Waals surface area contributed by atoms with E-state index in [1.54, 1.807) is 0 Å². The zero-order valence-corrected chi connectivity index (χ0v) is 10.4. The average molecular weight is 274 g/mol. The number of rotatable bonds is 1. The second kappa shape index (κ2) is 3.94. The summed E-state index contributed by atoms with van der Waals surface area (Å²) >= 11 is 0. The van der Waals surface area contributed by atoms with Crippen LogP contribution in [0.25, 0.3) is 0 Å². The highest BCUT2D eigenvalue weighted by atomic mass is 16.4. The van der Waals surface area contributed by atoms with Crippen molar-refractivity contribution in [3.05, 3.63) is 46.4 Å². The maximum Gasteiger partial charge on any atom is 0.201 e. The monoisotopic (exact) mass is 274 g/mol. The summed E-state index contributed by atoms with van der Waals surface area (Å²) in [7, 11) is 0. The summed E-state index contributed by atoms with van der Waals surface area (Å²) in [6.07, 6.45) is 0.0373. The van der Waals surface area contributed by atoms with Crippen LogP contribution in [0.3, 0.4) is 0 Å². The molecule has 1 aromatic heterocycles. The van der Waals surface area contributed by atoms with Crippen molar-refractivity contribution in [3.63, 3.8) is 0 Å². The van der Waals surface area contributed by atoms with E-state index in [1.165, 1.54) is 6.92 Å².